The number of nitrogens with one attached hydrogen (secondary N) is 1. The maximum Gasteiger partial charge on any atom is 0.235 e. The summed E-state index contributed by atoms with van der Waals surface area (Å²) in [7, 11) is -3.70. The van der Waals surface area contributed by atoms with Gasteiger partial charge in [-0.05, 0) is 50.1 Å². The largest absolute Gasteiger partial charge is 0.491 e. The molecule has 1 amide bonds. The first-order chi connectivity index (χ1) is 13.6. The predicted molar refractivity (Wildman–Crippen MR) is 111 cm³/mol. The number of nitrogens with zero attached hydrogens (tertiary/aromatic N) is 1. The van der Waals surface area contributed by atoms with Gasteiger partial charge in [0.05, 0.1) is 18.8 Å². The maximum atomic E-state index is 13.9. The first-order valence-electron chi connectivity index (χ1n) is 9.24. The molecule has 2 aromatic carbocycles. The molecule has 158 valence electrons. The summed E-state index contributed by atoms with van der Waals surface area (Å²) in [4.78, 5) is 12.3. The second-order valence-electron chi connectivity index (χ2n) is 7.15. The smallest absolute Gasteiger partial charge is 0.235 e. The second-order valence-corrected chi connectivity index (χ2v) is 9.13. The van der Waals surface area contributed by atoms with Gasteiger partial charge in [-0.25, -0.2) is 12.8 Å². The van der Waals surface area contributed by atoms with Crippen molar-refractivity contribution >= 4 is 15.9 Å². The monoisotopic (exact) mass is 422 g/mol. The molecule has 29 heavy (non-hydrogen) atoms. The SMILES string of the molecule is Cc1ccc(OC[C@H](C)NC(=O)CN(Cc2ccccc2F)S(C)(=O)=O)cc1C. The van der Waals surface area contributed by atoms with Gasteiger partial charge in [-0.2, -0.15) is 4.31 Å². The van der Waals surface area contributed by atoms with Crippen molar-refractivity contribution in [2.45, 2.75) is 33.4 Å². The lowest BCUT2D eigenvalue weighted by Crippen LogP contribution is -2.44. The number of halogens is 1. The fourth-order valence-corrected chi connectivity index (χ4v) is 3.38. The normalized spacial score (nSPS) is 12.6. The molecule has 0 aliphatic heterocycles. The van der Waals surface area contributed by atoms with Crippen molar-refractivity contribution in [2.24, 2.45) is 0 Å². The summed E-state index contributed by atoms with van der Waals surface area (Å²) in [5.41, 5.74) is 2.47. The van der Waals surface area contributed by atoms with Crippen molar-refractivity contribution in [3.05, 3.63) is 65.0 Å². The molecular weight excluding hydrogens is 395 g/mol. The van der Waals surface area contributed by atoms with E-state index in [0.717, 1.165) is 21.7 Å². The van der Waals surface area contributed by atoms with Crippen LogP contribution in [0.3, 0.4) is 0 Å². The Bertz CT molecular complexity index is 963. The summed E-state index contributed by atoms with van der Waals surface area (Å²) in [5.74, 6) is -0.300. The van der Waals surface area contributed by atoms with E-state index in [9.17, 15) is 17.6 Å². The van der Waals surface area contributed by atoms with Crippen LogP contribution < -0.4 is 10.1 Å². The van der Waals surface area contributed by atoms with Crippen LogP contribution in [0.5, 0.6) is 5.75 Å². The van der Waals surface area contributed by atoms with Crippen LogP contribution >= 0.6 is 0 Å². The van der Waals surface area contributed by atoms with Crippen LogP contribution in [0.25, 0.3) is 0 Å². The molecule has 1 N–H and O–H groups in total. The highest BCUT2D eigenvalue weighted by Gasteiger charge is 2.22. The minimum Gasteiger partial charge on any atom is -0.491 e. The summed E-state index contributed by atoms with van der Waals surface area (Å²) < 4.78 is 44.6. The maximum absolute atomic E-state index is 13.9. The lowest BCUT2D eigenvalue weighted by Gasteiger charge is -2.21. The van der Waals surface area contributed by atoms with E-state index in [1.807, 2.05) is 32.0 Å². The molecule has 0 bridgehead atoms. The van der Waals surface area contributed by atoms with Crippen LogP contribution in [0.1, 0.15) is 23.6 Å². The first-order valence-corrected chi connectivity index (χ1v) is 11.1. The quantitative estimate of drug-likeness (QED) is 0.674. The highest BCUT2D eigenvalue weighted by atomic mass is 32.2. The lowest BCUT2D eigenvalue weighted by molar-refractivity contribution is -0.122. The molecule has 0 radical (unpaired) electrons. The molecule has 0 aromatic heterocycles. The van der Waals surface area contributed by atoms with Gasteiger partial charge in [0.25, 0.3) is 0 Å². The third-order valence-corrected chi connectivity index (χ3v) is 5.68. The molecule has 0 aliphatic rings. The third-order valence-electron chi connectivity index (χ3n) is 4.48. The zero-order valence-electron chi connectivity index (χ0n) is 17.1. The summed E-state index contributed by atoms with van der Waals surface area (Å²) >= 11 is 0. The van der Waals surface area contributed by atoms with Crippen molar-refractivity contribution in [1.29, 1.82) is 0 Å². The number of aryl methyl sites for hydroxylation is 2. The average molecular weight is 423 g/mol. The fourth-order valence-electron chi connectivity index (χ4n) is 2.65. The third kappa shape index (κ3) is 7.14. The van der Waals surface area contributed by atoms with E-state index < -0.39 is 28.3 Å². The number of amides is 1. The zero-order valence-corrected chi connectivity index (χ0v) is 17.9. The number of benzene rings is 2. The fraction of sp³-hybridized carbons (Fsp3) is 0.381. The Kier molecular flexibility index (Phi) is 7.75. The van der Waals surface area contributed by atoms with E-state index in [1.165, 1.54) is 18.2 Å². The highest BCUT2D eigenvalue weighted by molar-refractivity contribution is 7.88. The summed E-state index contributed by atoms with van der Waals surface area (Å²) in [6, 6.07) is 11.3. The van der Waals surface area contributed by atoms with Gasteiger partial charge in [0.15, 0.2) is 0 Å². The minimum atomic E-state index is -3.70. The molecule has 0 saturated carbocycles. The molecule has 0 saturated heterocycles. The van der Waals surface area contributed by atoms with Crippen LogP contribution in [0.4, 0.5) is 4.39 Å². The number of rotatable bonds is 9. The number of ether oxygens (including phenoxy) is 1. The van der Waals surface area contributed by atoms with Gasteiger partial charge in [-0.3, -0.25) is 4.79 Å². The molecule has 2 rings (SSSR count). The van der Waals surface area contributed by atoms with E-state index in [-0.39, 0.29) is 24.8 Å². The van der Waals surface area contributed by atoms with E-state index in [2.05, 4.69) is 5.32 Å². The summed E-state index contributed by atoms with van der Waals surface area (Å²) in [5, 5.41) is 2.72. The Balaban J connectivity index is 1.93. The van der Waals surface area contributed by atoms with Gasteiger partial charge in [-0.15, -0.1) is 0 Å². The van der Waals surface area contributed by atoms with Gasteiger partial charge in [0.2, 0.25) is 15.9 Å². The Morgan fingerprint density at radius 2 is 1.86 bits per heavy atom. The van der Waals surface area contributed by atoms with Gasteiger partial charge >= 0.3 is 0 Å². The van der Waals surface area contributed by atoms with Gasteiger partial charge in [0.1, 0.15) is 18.2 Å². The van der Waals surface area contributed by atoms with Crippen LogP contribution in [-0.4, -0.2) is 44.1 Å². The van der Waals surface area contributed by atoms with Crippen molar-refractivity contribution in [3.63, 3.8) is 0 Å². The molecule has 8 heteroatoms. The van der Waals surface area contributed by atoms with Gasteiger partial charge in [0, 0.05) is 12.1 Å². The molecule has 6 nitrogen and oxygen atoms in total. The van der Waals surface area contributed by atoms with E-state index >= 15 is 0 Å². The van der Waals surface area contributed by atoms with Crippen molar-refractivity contribution in [2.75, 3.05) is 19.4 Å². The highest BCUT2D eigenvalue weighted by Crippen LogP contribution is 2.16. The van der Waals surface area contributed by atoms with Gasteiger partial charge in [-0.1, -0.05) is 24.3 Å². The van der Waals surface area contributed by atoms with E-state index in [4.69, 9.17) is 4.74 Å². The molecule has 2 aromatic rings. The topological polar surface area (TPSA) is 75.7 Å². The summed E-state index contributed by atoms with van der Waals surface area (Å²) in [6.07, 6.45) is 0.993. The number of hydrogen-bond donors (Lipinski definition) is 1. The van der Waals surface area contributed by atoms with E-state index in [0.29, 0.717) is 5.75 Å². The van der Waals surface area contributed by atoms with Crippen LogP contribution in [0.15, 0.2) is 42.5 Å². The number of hydrogen-bond acceptors (Lipinski definition) is 4. The first kappa shape index (κ1) is 22.8. The standard InChI is InChI=1S/C21H27FN2O4S/c1-15-9-10-19(11-16(15)2)28-14-17(3)23-21(25)13-24(29(4,26)27)12-18-7-5-6-8-20(18)22/h5-11,17H,12-14H2,1-4H3,(H,23,25)/t17-/m0/s1. The van der Waals surface area contributed by atoms with Crippen molar-refractivity contribution < 1.29 is 22.3 Å². The van der Waals surface area contributed by atoms with Gasteiger partial charge < -0.3 is 10.1 Å². The predicted octanol–water partition coefficient (Wildman–Crippen LogP) is 2.79. The molecule has 0 aliphatic carbocycles. The second kappa shape index (κ2) is 9.84. The number of sulfonamides is 1. The Morgan fingerprint density at radius 1 is 1.17 bits per heavy atom. The number of carbonyl (C=O) groups is 1. The molecule has 1 atom stereocenters. The van der Waals surface area contributed by atoms with Crippen LogP contribution in [0.2, 0.25) is 0 Å². The Morgan fingerprint density at radius 3 is 2.48 bits per heavy atom. The number of carbonyl (C=O) groups excluding carboxylic acids is 1. The van der Waals surface area contributed by atoms with Crippen LogP contribution in [-0.2, 0) is 21.4 Å². The Hall–Kier alpha value is -2.45. The minimum absolute atomic E-state index is 0.205. The molecule has 0 unspecified atom stereocenters. The molecular formula is C21H27FN2O4S. The van der Waals surface area contributed by atoms with Crippen molar-refractivity contribution in [3.8, 4) is 5.75 Å². The van der Waals surface area contributed by atoms with Crippen LogP contribution in [0, 0.1) is 19.7 Å². The summed E-state index contributed by atoms with van der Waals surface area (Å²) in [6.45, 7) is 5.38. The lowest BCUT2D eigenvalue weighted by atomic mass is 10.1. The molecule has 0 heterocycles. The van der Waals surface area contributed by atoms with E-state index in [1.54, 1.807) is 13.0 Å². The average Bonchev–Trinajstić information content (AvgIpc) is 2.63. The zero-order chi connectivity index (χ0) is 21.6. The van der Waals surface area contributed by atoms with Crippen molar-refractivity contribution in [1.82, 2.24) is 9.62 Å². The molecule has 0 spiro atoms. The molecule has 0 fully saturated rings. The Labute approximate surface area is 171 Å².